The van der Waals surface area contributed by atoms with Gasteiger partial charge in [-0.2, -0.15) is 0 Å². The summed E-state index contributed by atoms with van der Waals surface area (Å²) < 4.78 is 5.50. The Labute approximate surface area is 131 Å². The highest BCUT2D eigenvalue weighted by Crippen LogP contribution is 2.26. The molecule has 0 unspecified atom stereocenters. The van der Waals surface area contributed by atoms with Crippen LogP contribution in [0.1, 0.15) is 46.8 Å². The van der Waals surface area contributed by atoms with Crippen LogP contribution in [0.25, 0.3) is 0 Å². The zero-order valence-corrected chi connectivity index (χ0v) is 13.3. The van der Waals surface area contributed by atoms with E-state index in [2.05, 4.69) is 6.92 Å². The Hall–Kier alpha value is -2.29. The molecular weight excluding hydrogens is 276 g/mol. The number of unbranched alkanes of at least 4 members (excludes halogenated alkanes) is 1. The first kappa shape index (κ1) is 16.1. The Morgan fingerprint density at radius 3 is 2.45 bits per heavy atom. The van der Waals surface area contributed by atoms with E-state index in [-0.39, 0.29) is 11.3 Å². The smallest absolute Gasteiger partial charge is 0.347 e. The first-order chi connectivity index (χ1) is 10.5. The van der Waals surface area contributed by atoms with E-state index >= 15 is 0 Å². The van der Waals surface area contributed by atoms with Gasteiger partial charge >= 0.3 is 5.97 Å². The maximum atomic E-state index is 12.4. The fourth-order valence-corrected chi connectivity index (χ4v) is 2.39. The summed E-state index contributed by atoms with van der Waals surface area (Å²) in [6.07, 6.45) is 3.03. The Balaban J connectivity index is 2.25. The van der Waals surface area contributed by atoms with E-state index in [0.717, 1.165) is 36.0 Å². The van der Waals surface area contributed by atoms with Gasteiger partial charge in [0, 0.05) is 0 Å². The van der Waals surface area contributed by atoms with Crippen LogP contribution >= 0.6 is 0 Å². The Morgan fingerprint density at radius 2 is 1.82 bits per heavy atom. The number of phenols is 1. The maximum Gasteiger partial charge on any atom is 0.347 e. The number of aromatic hydroxyl groups is 1. The number of hydrogen-bond acceptors (Lipinski definition) is 3. The molecule has 2 aromatic rings. The number of para-hydroxylation sites is 1. The number of esters is 1. The van der Waals surface area contributed by atoms with Crippen LogP contribution in [0.3, 0.4) is 0 Å². The van der Waals surface area contributed by atoms with Crippen molar-refractivity contribution in [3.63, 3.8) is 0 Å². The zero-order valence-electron chi connectivity index (χ0n) is 13.3. The maximum absolute atomic E-state index is 12.4. The zero-order chi connectivity index (χ0) is 16.1. The third kappa shape index (κ3) is 3.67. The van der Waals surface area contributed by atoms with Crippen molar-refractivity contribution < 1.29 is 14.6 Å². The Morgan fingerprint density at radius 1 is 1.14 bits per heavy atom. The Bertz CT molecular complexity index is 654. The van der Waals surface area contributed by atoms with E-state index in [4.69, 9.17) is 4.74 Å². The molecule has 0 fully saturated rings. The lowest BCUT2D eigenvalue weighted by Gasteiger charge is -2.12. The summed E-state index contributed by atoms with van der Waals surface area (Å²) in [6.45, 7) is 5.91. The summed E-state index contributed by atoms with van der Waals surface area (Å²) >= 11 is 0. The van der Waals surface area contributed by atoms with Crippen molar-refractivity contribution in [2.24, 2.45) is 0 Å². The second-order valence-corrected chi connectivity index (χ2v) is 5.57. The molecule has 0 aliphatic heterocycles. The monoisotopic (exact) mass is 298 g/mol. The van der Waals surface area contributed by atoms with Crippen molar-refractivity contribution in [2.45, 2.75) is 40.0 Å². The van der Waals surface area contributed by atoms with Crippen LogP contribution < -0.4 is 4.74 Å². The average Bonchev–Trinajstić information content (AvgIpc) is 2.50. The molecule has 0 spiro atoms. The van der Waals surface area contributed by atoms with Gasteiger partial charge < -0.3 is 9.84 Å². The van der Waals surface area contributed by atoms with Crippen LogP contribution in [0.15, 0.2) is 36.4 Å². The van der Waals surface area contributed by atoms with Crippen LogP contribution in [-0.2, 0) is 6.42 Å². The highest BCUT2D eigenvalue weighted by atomic mass is 16.5. The van der Waals surface area contributed by atoms with Gasteiger partial charge in [-0.25, -0.2) is 4.79 Å². The second-order valence-electron chi connectivity index (χ2n) is 5.57. The number of ether oxygens (including phenoxy) is 1. The summed E-state index contributed by atoms with van der Waals surface area (Å²) in [5.74, 6) is -0.00408. The second kappa shape index (κ2) is 7.12. The van der Waals surface area contributed by atoms with Crippen LogP contribution in [0, 0.1) is 13.8 Å². The van der Waals surface area contributed by atoms with Gasteiger partial charge in [0.2, 0.25) is 0 Å². The molecule has 0 radical (unpaired) electrons. The van der Waals surface area contributed by atoms with E-state index in [0.29, 0.717) is 5.75 Å². The topological polar surface area (TPSA) is 46.5 Å². The number of carbonyl (C=O) groups excluding carboxylic acids is 1. The molecule has 3 heteroatoms. The fraction of sp³-hybridized carbons (Fsp3) is 0.316. The predicted octanol–water partition coefficient (Wildman–Crippen LogP) is 4.57. The van der Waals surface area contributed by atoms with Gasteiger partial charge in [0.15, 0.2) is 0 Å². The summed E-state index contributed by atoms with van der Waals surface area (Å²) in [4.78, 5) is 12.4. The number of hydrogen-bond donors (Lipinski definition) is 1. The van der Waals surface area contributed by atoms with E-state index < -0.39 is 5.97 Å². The number of phenolic OH excluding ortho intramolecular Hbond substituents is 1. The molecule has 0 atom stereocenters. The minimum atomic E-state index is -0.520. The molecule has 22 heavy (non-hydrogen) atoms. The van der Waals surface area contributed by atoms with Gasteiger partial charge in [-0.15, -0.1) is 0 Å². The van der Waals surface area contributed by atoms with Crippen LogP contribution in [0.4, 0.5) is 0 Å². The molecule has 2 rings (SSSR count). The number of aryl methyl sites for hydroxylation is 3. The van der Waals surface area contributed by atoms with Crippen molar-refractivity contribution >= 4 is 5.97 Å². The normalized spacial score (nSPS) is 10.5. The van der Waals surface area contributed by atoms with Crippen molar-refractivity contribution in [2.75, 3.05) is 0 Å². The standard InChI is InChI=1S/C19H22O3/c1-4-5-9-15-10-11-17(20)16(12-15)19(21)22-18-13(2)7-6-8-14(18)3/h6-8,10-12,20H,4-5,9H2,1-3H3. The number of benzene rings is 2. The van der Waals surface area contributed by atoms with Crippen molar-refractivity contribution in [1.82, 2.24) is 0 Å². The van der Waals surface area contributed by atoms with Gasteiger partial charge in [0.25, 0.3) is 0 Å². The molecule has 3 nitrogen and oxygen atoms in total. The van der Waals surface area contributed by atoms with Crippen molar-refractivity contribution in [3.8, 4) is 11.5 Å². The number of carbonyl (C=O) groups is 1. The molecule has 0 heterocycles. The lowest BCUT2D eigenvalue weighted by Crippen LogP contribution is -2.11. The molecule has 0 aliphatic carbocycles. The van der Waals surface area contributed by atoms with Gasteiger partial charge in [0.05, 0.1) is 0 Å². The molecule has 1 N–H and O–H groups in total. The van der Waals surface area contributed by atoms with Gasteiger partial charge in [0.1, 0.15) is 17.1 Å². The van der Waals surface area contributed by atoms with Gasteiger partial charge in [-0.05, 0) is 55.5 Å². The molecule has 0 saturated carbocycles. The molecule has 2 aromatic carbocycles. The Kier molecular flexibility index (Phi) is 5.21. The quantitative estimate of drug-likeness (QED) is 0.649. The van der Waals surface area contributed by atoms with E-state index in [1.54, 1.807) is 12.1 Å². The third-order valence-corrected chi connectivity index (χ3v) is 3.70. The van der Waals surface area contributed by atoms with Gasteiger partial charge in [-0.1, -0.05) is 37.6 Å². The summed E-state index contributed by atoms with van der Waals surface area (Å²) in [5.41, 5.74) is 3.05. The van der Waals surface area contributed by atoms with E-state index in [1.165, 1.54) is 0 Å². The number of rotatable bonds is 5. The van der Waals surface area contributed by atoms with E-state index in [9.17, 15) is 9.90 Å². The van der Waals surface area contributed by atoms with Crippen molar-refractivity contribution in [3.05, 3.63) is 58.7 Å². The predicted molar refractivity (Wildman–Crippen MR) is 87.6 cm³/mol. The molecule has 116 valence electrons. The summed E-state index contributed by atoms with van der Waals surface area (Å²) in [7, 11) is 0. The molecule has 0 saturated heterocycles. The molecular formula is C19H22O3. The highest BCUT2D eigenvalue weighted by Gasteiger charge is 2.16. The van der Waals surface area contributed by atoms with Crippen LogP contribution in [0.5, 0.6) is 11.5 Å². The van der Waals surface area contributed by atoms with Crippen LogP contribution in [0.2, 0.25) is 0 Å². The first-order valence-corrected chi connectivity index (χ1v) is 7.63. The molecule has 0 aliphatic rings. The molecule has 0 bridgehead atoms. The highest BCUT2D eigenvalue weighted by molar-refractivity contribution is 5.94. The largest absolute Gasteiger partial charge is 0.507 e. The first-order valence-electron chi connectivity index (χ1n) is 7.63. The lowest BCUT2D eigenvalue weighted by atomic mass is 10.0. The lowest BCUT2D eigenvalue weighted by molar-refractivity contribution is 0.0729. The minimum absolute atomic E-state index is 0.0449. The van der Waals surface area contributed by atoms with Gasteiger partial charge in [-0.3, -0.25) is 0 Å². The SMILES string of the molecule is CCCCc1ccc(O)c(C(=O)Oc2c(C)cccc2C)c1. The summed E-state index contributed by atoms with van der Waals surface area (Å²) in [6, 6.07) is 10.8. The summed E-state index contributed by atoms with van der Waals surface area (Å²) in [5, 5.41) is 9.95. The third-order valence-electron chi connectivity index (χ3n) is 3.70. The molecule has 0 amide bonds. The fourth-order valence-electron chi connectivity index (χ4n) is 2.39. The molecule has 0 aromatic heterocycles. The minimum Gasteiger partial charge on any atom is -0.507 e. The van der Waals surface area contributed by atoms with Crippen molar-refractivity contribution in [1.29, 1.82) is 0 Å². The average molecular weight is 298 g/mol. The van der Waals surface area contributed by atoms with E-state index in [1.807, 2.05) is 38.1 Å². The van der Waals surface area contributed by atoms with Crippen LogP contribution in [-0.4, -0.2) is 11.1 Å².